The predicted molar refractivity (Wildman–Crippen MR) is 80.8 cm³/mol. The predicted octanol–water partition coefficient (Wildman–Crippen LogP) is 3.03. The first-order valence-corrected chi connectivity index (χ1v) is 7.24. The quantitative estimate of drug-likeness (QED) is 0.477. The molecule has 92 valence electrons. The molecule has 0 aliphatic carbocycles. The van der Waals surface area contributed by atoms with Crippen molar-refractivity contribution in [2.24, 2.45) is 11.8 Å². The van der Waals surface area contributed by atoms with E-state index >= 15 is 0 Å². The minimum atomic E-state index is -0.428. The van der Waals surface area contributed by atoms with Crippen molar-refractivity contribution in [1.29, 1.82) is 0 Å². The zero-order chi connectivity index (χ0) is 12.3. The summed E-state index contributed by atoms with van der Waals surface area (Å²) in [6.45, 7) is 6.84. The van der Waals surface area contributed by atoms with Gasteiger partial charge in [-0.1, -0.05) is 20.8 Å². The maximum absolute atomic E-state index is 6.04. The minimum absolute atomic E-state index is 0.0112. The van der Waals surface area contributed by atoms with E-state index in [0.29, 0.717) is 12.5 Å². The molecule has 0 spiro atoms. The Hall–Kier alpha value is 1.40. The molecule has 0 unspecified atom stereocenters. The van der Waals surface area contributed by atoms with Crippen LogP contribution in [-0.4, -0.2) is 32.2 Å². The van der Waals surface area contributed by atoms with E-state index in [2.05, 4.69) is 20.8 Å². The molecule has 0 aromatic rings. The van der Waals surface area contributed by atoms with Crippen LogP contribution in [0.3, 0.4) is 0 Å². The summed E-state index contributed by atoms with van der Waals surface area (Å²) in [5, 5.41) is 0. The largest absolute Gasteiger partial charge is 0.376 e. The average Bonchev–Trinajstić information content (AvgIpc) is 2.51. The second kappa shape index (κ2) is 6.54. The topological polar surface area (TPSA) is 27.7 Å². The highest BCUT2D eigenvalue weighted by molar-refractivity contribution is 14.1. The summed E-state index contributed by atoms with van der Waals surface area (Å²) in [6, 6.07) is -0.265. The third-order valence-electron chi connectivity index (χ3n) is 3.47. The van der Waals surface area contributed by atoms with Crippen LogP contribution >= 0.6 is 46.0 Å². The van der Waals surface area contributed by atoms with Crippen molar-refractivity contribution in [2.45, 2.75) is 44.9 Å². The summed E-state index contributed by atoms with van der Waals surface area (Å²) < 4.78 is 16.8. The molecule has 0 bridgehead atoms. The summed E-state index contributed by atoms with van der Waals surface area (Å²) >= 11 is 3.84. The van der Waals surface area contributed by atoms with Crippen molar-refractivity contribution in [3.8, 4) is 0 Å². The van der Waals surface area contributed by atoms with Crippen molar-refractivity contribution in [3.05, 3.63) is 0 Å². The van der Waals surface area contributed by atoms with Gasteiger partial charge in [0.1, 0.15) is 65.6 Å². The Labute approximate surface area is 127 Å². The van der Waals surface area contributed by atoms with E-state index in [4.69, 9.17) is 18.7 Å². The Bertz CT molecular complexity index is 230. The summed E-state index contributed by atoms with van der Waals surface area (Å²) in [5.41, 5.74) is -0.428. The highest BCUT2D eigenvalue weighted by atomic mass is 127. The number of hydrogen-bond acceptors (Lipinski definition) is 3. The van der Waals surface area contributed by atoms with E-state index in [1.807, 2.05) is 46.0 Å². The molecule has 0 N–H and O–H groups in total. The third kappa shape index (κ3) is 2.70. The van der Waals surface area contributed by atoms with Crippen molar-refractivity contribution < 1.29 is 10.9 Å². The van der Waals surface area contributed by atoms with Gasteiger partial charge in [-0.15, -0.1) is 0 Å². The smallest absolute Gasteiger partial charge is 0.121 e. The number of rotatable bonds is 5. The summed E-state index contributed by atoms with van der Waals surface area (Å²) in [6.07, 6.45) is 0.938. The lowest BCUT2D eigenvalue weighted by Gasteiger charge is -2.36. The van der Waals surface area contributed by atoms with Gasteiger partial charge in [-0.3, -0.25) is 0 Å². The number of halogens is 2. The van der Waals surface area contributed by atoms with E-state index in [1.54, 1.807) is 0 Å². The molecule has 16 heavy (non-hydrogen) atoms. The molecule has 1 saturated heterocycles. The van der Waals surface area contributed by atoms with E-state index in [1.165, 1.54) is 0 Å². The molecule has 2 radical (unpaired) electrons. The van der Waals surface area contributed by atoms with Crippen molar-refractivity contribution in [1.82, 2.24) is 0 Å². The Morgan fingerprint density at radius 3 is 2.44 bits per heavy atom. The molecule has 1 aliphatic heterocycles. The lowest BCUT2D eigenvalue weighted by molar-refractivity contribution is -0.0997. The van der Waals surface area contributed by atoms with Crippen LogP contribution in [0.1, 0.15) is 27.2 Å². The van der Waals surface area contributed by atoms with Crippen LogP contribution in [0, 0.1) is 11.8 Å². The van der Waals surface area contributed by atoms with Gasteiger partial charge in [-0.05, 0) is 12.3 Å². The molecule has 1 heterocycles. The summed E-state index contributed by atoms with van der Waals surface area (Å²) in [5.74, 6) is 0.524. The van der Waals surface area contributed by atoms with E-state index < -0.39 is 5.60 Å². The van der Waals surface area contributed by atoms with E-state index in [-0.39, 0.29) is 18.0 Å². The SMILES string of the molecule is [B][C@@H]1O[C@@](COI)(C(C)C)[C@@H](OI)[C@H]1CC. The van der Waals surface area contributed by atoms with Crippen LogP contribution in [0.25, 0.3) is 0 Å². The average molecular weight is 450 g/mol. The maximum Gasteiger partial charge on any atom is 0.121 e. The summed E-state index contributed by atoms with van der Waals surface area (Å²) in [4.78, 5) is 0. The second-order valence-electron chi connectivity index (χ2n) is 4.53. The Morgan fingerprint density at radius 2 is 2.06 bits per heavy atom. The van der Waals surface area contributed by atoms with Gasteiger partial charge >= 0.3 is 0 Å². The van der Waals surface area contributed by atoms with Gasteiger partial charge in [0.05, 0.1) is 6.61 Å². The molecule has 0 amide bonds. The first-order chi connectivity index (χ1) is 7.53. The highest BCUT2D eigenvalue weighted by Crippen LogP contribution is 2.44. The highest BCUT2D eigenvalue weighted by Gasteiger charge is 2.55. The van der Waals surface area contributed by atoms with Gasteiger partial charge in [0.15, 0.2) is 0 Å². The normalized spacial score (nSPS) is 39.5. The minimum Gasteiger partial charge on any atom is -0.376 e. The molecule has 0 aromatic carbocycles. The van der Waals surface area contributed by atoms with Crippen LogP contribution in [0.2, 0.25) is 0 Å². The lowest BCUT2D eigenvalue weighted by Crippen LogP contribution is -2.49. The van der Waals surface area contributed by atoms with Gasteiger partial charge in [0.2, 0.25) is 0 Å². The zero-order valence-corrected chi connectivity index (χ0v) is 14.1. The van der Waals surface area contributed by atoms with Gasteiger partial charge in [0.25, 0.3) is 0 Å². The molecule has 1 fully saturated rings. The molecular weight excluding hydrogens is 433 g/mol. The molecule has 1 aliphatic rings. The fraction of sp³-hybridized carbons (Fsp3) is 1.00. The molecule has 0 aromatic heterocycles. The fourth-order valence-electron chi connectivity index (χ4n) is 2.36. The van der Waals surface area contributed by atoms with E-state index in [0.717, 1.165) is 6.42 Å². The summed E-state index contributed by atoms with van der Waals surface area (Å²) in [7, 11) is 6.04. The van der Waals surface area contributed by atoms with Crippen LogP contribution in [-0.2, 0) is 10.9 Å². The van der Waals surface area contributed by atoms with Crippen LogP contribution in [0.4, 0.5) is 0 Å². The first kappa shape index (κ1) is 15.5. The molecule has 1 rings (SSSR count). The van der Waals surface area contributed by atoms with Crippen LogP contribution < -0.4 is 0 Å². The van der Waals surface area contributed by atoms with Crippen LogP contribution in [0.15, 0.2) is 0 Å². The molecule has 4 atom stereocenters. The van der Waals surface area contributed by atoms with Crippen molar-refractivity contribution >= 4 is 53.9 Å². The van der Waals surface area contributed by atoms with Crippen molar-refractivity contribution in [3.63, 3.8) is 0 Å². The molecular formula is C10H17BI2O3. The Balaban J connectivity index is 2.99. The monoisotopic (exact) mass is 450 g/mol. The second-order valence-corrected chi connectivity index (χ2v) is 5.66. The van der Waals surface area contributed by atoms with Gasteiger partial charge in [0, 0.05) is 11.9 Å². The first-order valence-electron chi connectivity index (χ1n) is 5.47. The Morgan fingerprint density at radius 1 is 1.44 bits per heavy atom. The molecule has 0 saturated carbocycles. The van der Waals surface area contributed by atoms with Gasteiger partial charge in [-0.2, -0.15) is 0 Å². The molecule has 3 nitrogen and oxygen atoms in total. The third-order valence-corrected chi connectivity index (χ3v) is 4.33. The zero-order valence-electron chi connectivity index (χ0n) is 9.78. The number of hydrogen-bond donors (Lipinski definition) is 0. The molecule has 6 heteroatoms. The van der Waals surface area contributed by atoms with Crippen molar-refractivity contribution in [2.75, 3.05) is 6.61 Å². The van der Waals surface area contributed by atoms with E-state index in [9.17, 15) is 0 Å². The standard InChI is InChI=1S/C10H17BI2O3/c1-4-7-8(16-13)10(5-14-12,6(2)3)15-9(7)11/h6-9H,4-5H2,1-3H3/t7-,8+,9-,10+/m1/s1. The number of ether oxygens (including phenoxy) is 1. The maximum atomic E-state index is 6.04. The van der Waals surface area contributed by atoms with Gasteiger partial charge in [-0.25, -0.2) is 0 Å². The lowest BCUT2D eigenvalue weighted by atomic mass is 9.77. The van der Waals surface area contributed by atoms with Gasteiger partial charge < -0.3 is 10.9 Å². The fourth-order valence-corrected chi connectivity index (χ4v) is 3.66. The van der Waals surface area contributed by atoms with Crippen LogP contribution in [0.5, 0.6) is 0 Å². The Kier molecular flexibility index (Phi) is 6.32.